The number of aromatic nitrogens is 3. The van der Waals surface area contributed by atoms with Crippen LogP contribution in [0.25, 0.3) is 22.2 Å². The highest BCUT2D eigenvalue weighted by Gasteiger charge is 2.10. The lowest BCUT2D eigenvalue weighted by Gasteiger charge is -2.05. The van der Waals surface area contributed by atoms with E-state index in [0.29, 0.717) is 0 Å². The molecule has 0 saturated heterocycles. The Morgan fingerprint density at radius 1 is 1.18 bits per heavy atom. The van der Waals surface area contributed by atoms with Gasteiger partial charge in [0.25, 0.3) is 0 Å². The minimum absolute atomic E-state index is 0.810. The van der Waals surface area contributed by atoms with Gasteiger partial charge in [-0.2, -0.15) is 0 Å². The number of fused-ring (bicyclic) bond motifs is 1. The number of methoxy groups -OCH3 is 1. The third kappa shape index (κ3) is 1.54. The van der Waals surface area contributed by atoms with E-state index in [0.717, 1.165) is 27.9 Å². The molecular formula is C13H11N3O. The first-order valence-electron chi connectivity index (χ1n) is 5.30. The van der Waals surface area contributed by atoms with Crippen molar-refractivity contribution in [2.45, 2.75) is 0 Å². The van der Waals surface area contributed by atoms with Crippen molar-refractivity contribution in [2.24, 2.45) is 0 Å². The maximum atomic E-state index is 5.34. The zero-order chi connectivity index (χ0) is 11.7. The molecule has 1 N–H and O–H groups in total. The number of H-pyrrole nitrogens is 1. The molecule has 0 aliphatic rings. The van der Waals surface area contributed by atoms with Crippen LogP contribution in [-0.2, 0) is 0 Å². The molecule has 17 heavy (non-hydrogen) atoms. The van der Waals surface area contributed by atoms with Crippen molar-refractivity contribution in [3.05, 3.63) is 43.0 Å². The molecule has 3 rings (SSSR count). The molecule has 4 heteroatoms. The topological polar surface area (TPSA) is 50.8 Å². The summed E-state index contributed by atoms with van der Waals surface area (Å²) >= 11 is 0. The summed E-state index contributed by atoms with van der Waals surface area (Å²) in [7, 11) is 1.66. The van der Waals surface area contributed by atoms with Gasteiger partial charge in [-0.3, -0.25) is 4.98 Å². The van der Waals surface area contributed by atoms with Crippen LogP contribution in [0.5, 0.6) is 5.75 Å². The Morgan fingerprint density at radius 2 is 2.12 bits per heavy atom. The molecule has 0 spiro atoms. The fourth-order valence-corrected chi connectivity index (χ4v) is 1.94. The van der Waals surface area contributed by atoms with Gasteiger partial charge in [0.2, 0.25) is 0 Å². The Morgan fingerprint density at radius 3 is 3.00 bits per heavy atom. The normalized spacial score (nSPS) is 10.6. The van der Waals surface area contributed by atoms with Gasteiger partial charge in [0.05, 0.1) is 7.11 Å². The second kappa shape index (κ2) is 3.90. The van der Waals surface area contributed by atoms with Gasteiger partial charge in [-0.15, -0.1) is 0 Å². The molecule has 84 valence electrons. The molecule has 4 nitrogen and oxygen atoms in total. The van der Waals surface area contributed by atoms with Gasteiger partial charge >= 0.3 is 0 Å². The Balaban J connectivity index is 2.27. The summed E-state index contributed by atoms with van der Waals surface area (Å²) in [5.41, 5.74) is 2.89. The zero-order valence-electron chi connectivity index (χ0n) is 9.34. The number of aromatic amines is 1. The highest BCUT2D eigenvalue weighted by Crippen LogP contribution is 2.33. The van der Waals surface area contributed by atoms with E-state index in [2.05, 4.69) is 15.0 Å². The standard InChI is InChI=1S/C13H11N3O/c1-17-12-4-6-14-7-11(12)10-8-16-13-9(10)3-2-5-15-13/h2-8H,1H3,(H,15,16). The number of nitrogens with zero attached hydrogens (tertiary/aromatic N) is 2. The molecule has 0 aliphatic carbocycles. The summed E-state index contributed by atoms with van der Waals surface area (Å²) < 4.78 is 5.34. The molecule has 3 aromatic heterocycles. The minimum atomic E-state index is 0.810. The van der Waals surface area contributed by atoms with E-state index in [4.69, 9.17) is 4.74 Å². The molecule has 3 aromatic rings. The Labute approximate surface area is 98.3 Å². The number of nitrogens with one attached hydrogen (secondary N) is 1. The third-order valence-electron chi connectivity index (χ3n) is 2.74. The average molecular weight is 225 g/mol. The maximum absolute atomic E-state index is 5.34. The second-order valence-corrected chi connectivity index (χ2v) is 3.68. The van der Waals surface area contributed by atoms with E-state index in [1.807, 2.05) is 24.4 Å². The molecule has 0 atom stereocenters. The minimum Gasteiger partial charge on any atom is -0.496 e. The highest BCUT2D eigenvalue weighted by atomic mass is 16.5. The number of rotatable bonds is 2. The number of hydrogen-bond acceptors (Lipinski definition) is 3. The lowest BCUT2D eigenvalue weighted by atomic mass is 10.1. The first-order valence-corrected chi connectivity index (χ1v) is 5.30. The molecule has 0 saturated carbocycles. The molecule has 0 radical (unpaired) electrons. The van der Waals surface area contributed by atoms with Crippen molar-refractivity contribution < 1.29 is 4.74 Å². The van der Waals surface area contributed by atoms with Crippen LogP contribution in [-0.4, -0.2) is 22.1 Å². The molecular weight excluding hydrogens is 214 g/mol. The second-order valence-electron chi connectivity index (χ2n) is 3.68. The molecule has 0 amide bonds. The van der Waals surface area contributed by atoms with Crippen LogP contribution in [0, 0.1) is 0 Å². The van der Waals surface area contributed by atoms with Crippen molar-refractivity contribution in [1.82, 2.24) is 15.0 Å². The number of pyridine rings is 2. The van der Waals surface area contributed by atoms with E-state index < -0.39 is 0 Å². The van der Waals surface area contributed by atoms with Gasteiger partial charge in [0.15, 0.2) is 0 Å². The smallest absolute Gasteiger partial charge is 0.137 e. The monoisotopic (exact) mass is 225 g/mol. The van der Waals surface area contributed by atoms with Crippen molar-refractivity contribution in [3.63, 3.8) is 0 Å². The summed E-state index contributed by atoms with van der Waals surface area (Å²) in [6.07, 6.45) is 7.21. The van der Waals surface area contributed by atoms with E-state index in [1.54, 1.807) is 25.7 Å². The molecule has 0 unspecified atom stereocenters. The molecule has 0 aliphatic heterocycles. The Hall–Kier alpha value is -2.36. The SMILES string of the molecule is COc1ccncc1-c1c[nH]c2ncccc12. The van der Waals surface area contributed by atoms with Crippen LogP contribution >= 0.6 is 0 Å². The summed E-state index contributed by atoms with van der Waals surface area (Å²) in [4.78, 5) is 11.6. The fraction of sp³-hybridized carbons (Fsp3) is 0.0769. The van der Waals surface area contributed by atoms with Crippen LogP contribution in [0.1, 0.15) is 0 Å². The lowest BCUT2D eigenvalue weighted by molar-refractivity contribution is 0.416. The van der Waals surface area contributed by atoms with E-state index in [9.17, 15) is 0 Å². The summed E-state index contributed by atoms with van der Waals surface area (Å²) in [5.74, 6) is 0.810. The third-order valence-corrected chi connectivity index (χ3v) is 2.74. The van der Waals surface area contributed by atoms with Crippen LogP contribution < -0.4 is 4.74 Å². The summed E-state index contributed by atoms with van der Waals surface area (Å²) in [5, 5.41) is 1.07. The maximum Gasteiger partial charge on any atom is 0.137 e. The van der Waals surface area contributed by atoms with Gasteiger partial charge in [-0.25, -0.2) is 4.98 Å². The van der Waals surface area contributed by atoms with E-state index in [1.165, 1.54) is 0 Å². The number of hydrogen-bond donors (Lipinski definition) is 1. The summed E-state index contributed by atoms with van der Waals surface area (Å²) in [6, 6.07) is 5.80. The van der Waals surface area contributed by atoms with E-state index in [-0.39, 0.29) is 0 Å². The largest absolute Gasteiger partial charge is 0.496 e. The molecule has 0 bridgehead atoms. The van der Waals surface area contributed by atoms with Gasteiger partial charge in [0, 0.05) is 41.3 Å². The zero-order valence-corrected chi connectivity index (χ0v) is 9.34. The number of ether oxygens (including phenoxy) is 1. The van der Waals surface area contributed by atoms with Gasteiger partial charge < -0.3 is 9.72 Å². The van der Waals surface area contributed by atoms with Gasteiger partial charge in [-0.1, -0.05) is 0 Å². The van der Waals surface area contributed by atoms with Crippen molar-refractivity contribution in [1.29, 1.82) is 0 Å². The molecule has 0 fully saturated rings. The van der Waals surface area contributed by atoms with E-state index >= 15 is 0 Å². The first-order chi connectivity index (χ1) is 8.40. The lowest BCUT2D eigenvalue weighted by Crippen LogP contribution is -1.88. The van der Waals surface area contributed by atoms with Crippen molar-refractivity contribution >= 4 is 11.0 Å². The first kappa shape index (κ1) is 9.84. The fourth-order valence-electron chi connectivity index (χ4n) is 1.94. The van der Waals surface area contributed by atoms with Crippen LogP contribution in [0.2, 0.25) is 0 Å². The predicted molar refractivity (Wildman–Crippen MR) is 65.9 cm³/mol. The Kier molecular flexibility index (Phi) is 2.26. The quantitative estimate of drug-likeness (QED) is 0.729. The summed E-state index contributed by atoms with van der Waals surface area (Å²) in [6.45, 7) is 0. The van der Waals surface area contributed by atoms with Crippen molar-refractivity contribution in [3.8, 4) is 16.9 Å². The average Bonchev–Trinajstić information content (AvgIpc) is 2.82. The molecule has 0 aromatic carbocycles. The van der Waals surface area contributed by atoms with Gasteiger partial charge in [0.1, 0.15) is 11.4 Å². The molecule has 3 heterocycles. The van der Waals surface area contributed by atoms with Crippen LogP contribution in [0.4, 0.5) is 0 Å². The predicted octanol–water partition coefficient (Wildman–Crippen LogP) is 2.63. The van der Waals surface area contributed by atoms with Gasteiger partial charge in [-0.05, 0) is 18.2 Å². The van der Waals surface area contributed by atoms with Crippen molar-refractivity contribution in [2.75, 3.05) is 7.11 Å². The van der Waals surface area contributed by atoms with Crippen LogP contribution in [0.3, 0.4) is 0 Å². The van der Waals surface area contributed by atoms with Crippen LogP contribution in [0.15, 0.2) is 43.0 Å². The highest BCUT2D eigenvalue weighted by molar-refractivity contribution is 5.94. The Bertz CT molecular complexity index is 660.